The number of nitrogens with zero attached hydrogens (tertiary/aromatic N) is 1. The van der Waals surface area contributed by atoms with Crippen LogP contribution in [0.25, 0.3) is 22.1 Å². The summed E-state index contributed by atoms with van der Waals surface area (Å²) in [4.78, 5) is 12.0. The molecule has 1 N–H and O–H groups in total. The van der Waals surface area contributed by atoms with Crippen molar-refractivity contribution in [2.45, 2.75) is 38.6 Å². The average molecular weight is 334 g/mol. The van der Waals surface area contributed by atoms with Crippen LogP contribution in [0.4, 0.5) is 0 Å². The first-order valence-corrected chi connectivity index (χ1v) is 8.99. The highest BCUT2D eigenvalue weighted by molar-refractivity contribution is 5.86. The summed E-state index contributed by atoms with van der Waals surface area (Å²) in [5.74, 6) is 1.40. The summed E-state index contributed by atoms with van der Waals surface area (Å²) >= 11 is 0. The fraction of sp³-hybridized carbons (Fsp3) is 0.333. The van der Waals surface area contributed by atoms with Gasteiger partial charge >= 0.3 is 0 Å². The Morgan fingerprint density at radius 3 is 2.72 bits per heavy atom. The maximum absolute atomic E-state index is 12.0. The molecule has 2 aromatic carbocycles. The van der Waals surface area contributed by atoms with Gasteiger partial charge in [-0.15, -0.1) is 0 Å². The van der Waals surface area contributed by atoms with Gasteiger partial charge in [-0.2, -0.15) is 0 Å². The third kappa shape index (κ3) is 3.73. The summed E-state index contributed by atoms with van der Waals surface area (Å²) in [7, 11) is 0. The van der Waals surface area contributed by atoms with Crippen LogP contribution in [0.1, 0.15) is 37.8 Å². The van der Waals surface area contributed by atoms with Gasteiger partial charge in [0.05, 0.1) is 6.54 Å². The van der Waals surface area contributed by atoms with E-state index in [1.807, 2.05) is 24.3 Å². The molecule has 0 radical (unpaired) electrons. The highest BCUT2D eigenvalue weighted by Gasteiger charge is 2.18. The third-order valence-corrected chi connectivity index (χ3v) is 5.01. The van der Waals surface area contributed by atoms with Gasteiger partial charge in [-0.05, 0) is 35.6 Å². The zero-order valence-electron chi connectivity index (χ0n) is 14.2. The van der Waals surface area contributed by atoms with Crippen LogP contribution >= 0.6 is 0 Å². The molecule has 1 heterocycles. The van der Waals surface area contributed by atoms with Gasteiger partial charge in [-0.25, -0.2) is 0 Å². The Hall–Kier alpha value is -2.62. The van der Waals surface area contributed by atoms with Crippen molar-refractivity contribution in [1.82, 2.24) is 10.5 Å². The first kappa shape index (κ1) is 15.9. The Morgan fingerprint density at radius 2 is 1.88 bits per heavy atom. The maximum atomic E-state index is 12.0. The minimum Gasteiger partial charge on any atom is -0.356 e. The van der Waals surface area contributed by atoms with Gasteiger partial charge in [-0.1, -0.05) is 54.4 Å². The predicted molar refractivity (Wildman–Crippen MR) is 97.9 cm³/mol. The molecule has 4 nitrogen and oxygen atoms in total. The molecule has 0 spiro atoms. The van der Waals surface area contributed by atoms with Crippen molar-refractivity contribution in [1.29, 1.82) is 0 Å². The summed E-state index contributed by atoms with van der Waals surface area (Å²) in [6, 6.07) is 16.3. The lowest BCUT2D eigenvalue weighted by Gasteiger charge is -2.08. The Labute approximate surface area is 147 Å². The van der Waals surface area contributed by atoms with Gasteiger partial charge in [0, 0.05) is 18.1 Å². The molecule has 1 fully saturated rings. The van der Waals surface area contributed by atoms with Gasteiger partial charge in [-0.3, -0.25) is 4.79 Å². The summed E-state index contributed by atoms with van der Waals surface area (Å²) in [6.07, 6.45) is 5.52. The molecular formula is C21H22N2O2. The number of fused-ring (bicyclic) bond motifs is 1. The smallest absolute Gasteiger partial charge is 0.220 e. The van der Waals surface area contributed by atoms with Crippen molar-refractivity contribution in [3.63, 3.8) is 0 Å². The zero-order chi connectivity index (χ0) is 17.1. The minimum absolute atomic E-state index is 0.113. The van der Waals surface area contributed by atoms with Crippen molar-refractivity contribution < 1.29 is 9.32 Å². The van der Waals surface area contributed by atoms with Gasteiger partial charge in [0.1, 0.15) is 5.69 Å². The van der Waals surface area contributed by atoms with Crippen LogP contribution in [0.5, 0.6) is 0 Å². The molecule has 0 saturated heterocycles. The van der Waals surface area contributed by atoms with Crippen molar-refractivity contribution in [2.75, 3.05) is 0 Å². The zero-order valence-corrected chi connectivity index (χ0v) is 14.2. The van der Waals surface area contributed by atoms with Crippen LogP contribution in [-0.2, 0) is 11.3 Å². The van der Waals surface area contributed by atoms with Crippen LogP contribution in [0.3, 0.4) is 0 Å². The molecule has 3 aromatic rings. The summed E-state index contributed by atoms with van der Waals surface area (Å²) in [5.41, 5.74) is 1.75. The first-order valence-electron chi connectivity index (χ1n) is 8.99. The fourth-order valence-corrected chi connectivity index (χ4v) is 3.61. The number of carbonyl (C=O) groups is 1. The Bertz CT molecular complexity index is 878. The molecular weight excluding hydrogens is 312 g/mol. The molecule has 1 aliphatic carbocycles. The number of rotatable bonds is 5. The van der Waals surface area contributed by atoms with Crippen LogP contribution in [0.15, 0.2) is 53.1 Å². The van der Waals surface area contributed by atoms with Crippen LogP contribution in [0, 0.1) is 5.92 Å². The number of nitrogens with one attached hydrogen (secondary N) is 1. The van der Waals surface area contributed by atoms with Gasteiger partial charge in [0.15, 0.2) is 5.76 Å². The fourth-order valence-electron chi connectivity index (χ4n) is 3.61. The highest BCUT2D eigenvalue weighted by Crippen LogP contribution is 2.27. The van der Waals surface area contributed by atoms with E-state index in [9.17, 15) is 4.79 Å². The lowest BCUT2D eigenvalue weighted by molar-refractivity contribution is -0.122. The van der Waals surface area contributed by atoms with Crippen molar-refractivity contribution in [3.8, 4) is 11.3 Å². The molecule has 0 aliphatic heterocycles. The van der Waals surface area contributed by atoms with Gasteiger partial charge < -0.3 is 9.84 Å². The number of aromatic nitrogens is 1. The lowest BCUT2D eigenvalue weighted by Crippen LogP contribution is -2.24. The monoisotopic (exact) mass is 334 g/mol. The van der Waals surface area contributed by atoms with Crippen molar-refractivity contribution in [3.05, 3.63) is 54.2 Å². The van der Waals surface area contributed by atoms with E-state index in [-0.39, 0.29) is 5.91 Å². The average Bonchev–Trinajstić information content (AvgIpc) is 3.31. The molecule has 1 amide bonds. The van der Waals surface area contributed by atoms with E-state index in [1.165, 1.54) is 36.5 Å². The van der Waals surface area contributed by atoms with E-state index in [1.54, 1.807) is 0 Å². The SMILES string of the molecule is O=C(CC1CCCC1)NCc1cc(-c2ccc3ccccc3c2)on1. The summed E-state index contributed by atoms with van der Waals surface area (Å²) in [5, 5.41) is 9.41. The normalized spacial score (nSPS) is 14.9. The molecule has 25 heavy (non-hydrogen) atoms. The van der Waals surface area contributed by atoms with Gasteiger partial charge in [0.25, 0.3) is 0 Å². The highest BCUT2D eigenvalue weighted by atomic mass is 16.5. The molecule has 0 unspecified atom stereocenters. The molecule has 1 aromatic heterocycles. The van der Waals surface area contributed by atoms with Crippen LogP contribution in [0.2, 0.25) is 0 Å². The Balaban J connectivity index is 1.39. The van der Waals surface area contributed by atoms with E-state index in [0.29, 0.717) is 18.9 Å². The largest absolute Gasteiger partial charge is 0.356 e. The van der Waals surface area contributed by atoms with Crippen LogP contribution < -0.4 is 5.32 Å². The molecule has 4 heteroatoms. The third-order valence-electron chi connectivity index (χ3n) is 5.01. The predicted octanol–water partition coefficient (Wildman–Crippen LogP) is 4.69. The number of amides is 1. The maximum Gasteiger partial charge on any atom is 0.220 e. The minimum atomic E-state index is 0.113. The molecule has 4 rings (SSSR count). The number of hydrogen-bond donors (Lipinski definition) is 1. The topological polar surface area (TPSA) is 55.1 Å². The van der Waals surface area contributed by atoms with E-state index in [4.69, 9.17) is 4.52 Å². The van der Waals surface area contributed by atoms with Crippen molar-refractivity contribution in [2.24, 2.45) is 5.92 Å². The molecule has 0 bridgehead atoms. The molecule has 1 aliphatic rings. The second-order valence-electron chi connectivity index (χ2n) is 6.88. The van der Waals surface area contributed by atoms with E-state index < -0.39 is 0 Å². The Morgan fingerprint density at radius 1 is 1.08 bits per heavy atom. The lowest BCUT2D eigenvalue weighted by atomic mass is 10.0. The quantitative estimate of drug-likeness (QED) is 0.736. The van der Waals surface area contributed by atoms with Gasteiger partial charge in [0.2, 0.25) is 5.91 Å². The molecule has 1 saturated carbocycles. The molecule has 0 atom stereocenters. The second-order valence-corrected chi connectivity index (χ2v) is 6.88. The van der Waals surface area contributed by atoms with Crippen molar-refractivity contribution >= 4 is 16.7 Å². The summed E-state index contributed by atoms with van der Waals surface area (Å²) < 4.78 is 5.46. The second kappa shape index (κ2) is 7.09. The standard InChI is InChI=1S/C21H22N2O2/c24-21(11-15-5-1-2-6-15)22-14-19-13-20(25-23-19)18-10-9-16-7-3-4-8-17(16)12-18/h3-4,7-10,12-13,15H,1-2,5-6,11,14H2,(H,22,24). The first-order chi connectivity index (χ1) is 12.3. The van der Waals surface area contributed by atoms with E-state index in [0.717, 1.165) is 17.0 Å². The Kier molecular flexibility index (Phi) is 4.51. The van der Waals surface area contributed by atoms with E-state index in [2.05, 4.69) is 34.7 Å². The molecule has 128 valence electrons. The van der Waals surface area contributed by atoms with Crippen LogP contribution in [-0.4, -0.2) is 11.1 Å². The summed E-state index contributed by atoms with van der Waals surface area (Å²) in [6.45, 7) is 0.419. The number of hydrogen-bond acceptors (Lipinski definition) is 3. The number of benzene rings is 2. The number of carbonyl (C=O) groups excluding carboxylic acids is 1. The van der Waals surface area contributed by atoms with E-state index >= 15 is 0 Å².